The molecule has 0 unspecified atom stereocenters. The molecular weight excluding hydrogens is 436 g/mol. The fraction of sp³-hybridized carbons (Fsp3) is 0.200. The molecule has 1 heterocycles. The summed E-state index contributed by atoms with van der Waals surface area (Å²) in [4.78, 5) is 23.3. The summed E-state index contributed by atoms with van der Waals surface area (Å²) in [7, 11) is 1.44. The fourth-order valence-electron chi connectivity index (χ4n) is 3.57. The van der Waals surface area contributed by atoms with Crippen LogP contribution in [-0.4, -0.2) is 29.1 Å². The lowest BCUT2D eigenvalue weighted by Gasteiger charge is -2.14. The van der Waals surface area contributed by atoms with E-state index in [4.69, 9.17) is 9.47 Å². The van der Waals surface area contributed by atoms with E-state index in [9.17, 15) is 20.2 Å². The van der Waals surface area contributed by atoms with Gasteiger partial charge in [0, 0.05) is 23.1 Å². The molecule has 174 valence electrons. The number of aromatic nitrogens is 1. The molecule has 0 aliphatic rings. The van der Waals surface area contributed by atoms with Gasteiger partial charge in [-0.2, -0.15) is 5.26 Å². The van der Waals surface area contributed by atoms with Crippen molar-refractivity contribution in [3.63, 3.8) is 0 Å². The summed E-state index contributed by atoms with van der Waals surface area (Å²) in [5.74, 6) is 0.482. The summed E-state index contributed by atoms with van der Waals surface area (Å²) in [6, 6.07) is 15.0. The largest absolute Gasteiger partial charge is 0.494 e. The van der Waals surface area contributed by atoms with Gasteiger partial charge in [0.2, 0.25) is 0 Å². The molecule has 9 nitrogen and oxygen atoms in total. The minimum atomic E-state index is -0.538. The Hall–Kier alpha value is -4.58. The number of carbonyl (C=O) groups is 1. The number of nitro benzene ring substituents is 1. The number of nitriles is 1. The number of amides is 1. The molecule has 0 bridgehead atoms. The average Bonchev–Trinajstić information content (AvgIpc) is 3.10. The van der Waals surface area contributed by atoms with Crippen LogP contribution in [0.1, 0.15) is 23.9 Å². The zero-order valence-corrected chi connectivity index (χ0v) is 19.3. The highest BCUT2D eigenvalue weighted by atomic mass is 16.6. The second-order valence-electron chi connectivity index (χ2n) is 7.36. The van der Waals surface area contributed by atoms with E-state index in [2.05, 4.69) is 5.32 Å². The number of hydrogen-bond donors (Lipinski definition) is 1. The van der Waals surface area contributed by atoms with Gasteiger partial charge in [-0.05, 0) is 68.8 Å². The van der Waals surface area contributed by atoms with Gasteiger partial charge in [0.25, 0.3) is 11.6 Å². The second-order valence-corrected chi connectivity index (χ2v) is 7.36. The van der Waals surface area contributed by atoms with Gasteiger partial charge in [-0.25, -0.2) is 0 Å². The molecule has 3 aromatic rings. The van der Waals surface area contributed by atoms with Crippen molar-refractivity contribution in [2.24, 2.45) is 0 Å². The second kappa shape index (κ2) is 10.4. The van der Waals surface area contributed by atoms with Crippen LogP contribution < -0.4 is 14.8 Å². The summed E-state index contributed by atoms with van der Waals surface area (Å²) >= 11 is 0. The van der Waals surface area contributed by atoms with Crippen molar-refractivity contribution in [1.29, 1.82) is 5.26 Å². The van der Waals surface area contributed by atoms with Crippen molar-refractivity contribution in [2.75, 3.05) is 19.0 Å². The molecule has 0 saturated carbocycles. The predicted octanol–water partition coefficient (Wildman–Crippen LogP) is 4.96. The third-order valence-corrected chi connectivity index (χ3v) is 5.17. The van der Waals surface area contributed by atoms with E-state index in [1.54, 1.807) is 30.3 Å². The number of aryl methyl sites for hydroxylation is 1. The summed E-state index contributed by atoms with van der Waals surface area (Å²) < 4.78 is 12.6. The fourth-order valence-corrected chi connectivity index (χ4v) is 3.57. The highest BCUT2D eigenvalue weighted by Gasteiger charge is 2.18. The maximum Gasteiger partial charge on any atom is 0.273 e. The Morgan fingerprint density at radius 1 is 1.21 bits per heavy atom. The molecule has 0 saturated heterocycles. The molecule has 34 heavy (non-hydrogen) atoms. The molecule has 0 fully saturated rings. The standard InChI is InChI=1S/C25H24N4O5/c1-5-34-22-9-6-20(7-10-22)27-25(30)19(15-26)13-18-12-16(2)28(17(18)3)23-11-8-21(29(31)32)14-24(23)33-4/h6-14H,5H2,1-4H3,(H,27,30)/b19-13-. The van der Waals surface area contributed by atoms with Gasteiger partial charge in [0.1, 0.15) is 23.1 Å². The number of hydrogen-bond acceptors (Lipinski definition) is 6. The number of nitrogens with zero attached hydrogens (tertiary/aromatic N) is 3. The zero-order valence-electron chi connectivity index (χ0n) is 19.3. The summed E-state index contributed by atoms with van der Waals surface area (Å²) in [6.45, 7) is 6.11. The van der Waals surface area contributed by atoms with Crippen molar-refractivity contribution in [3.05, 3.63) is 81.2 Å². The van der Waals surface area contributed by atoms with E-state index < -0.39 is 10.8 Å². The van der Waals surface area contributed by atoms with E-state index >= 15 is 0 Å². The van der Waals surface area contributed by atoms with Crippen molar-refractivity contribution >= 4 is 23.4 Å². The lowest BCUT2D eigenvalue weighted by atomic mass is 10.1. The number of methoxy groups -OCH3 is 1. The van der Waals surface area contributed by atoms with Crippen molar-refractivity contribution in [1.82, 2.24) is 4.57 Å². The van der Waals surface area contributed by atoms with Gasteiger partial charge in [0.15, 0.2) is 0 Å². The van der Waals surface area contributed by atoms with E-state index in [1.807, 2.05) is 37.5 Å². The Labute approximate surface area is 197 Å². The number of anilines is 1. The monoisotopic (exact) mass is 460 g/mol. The molecule has 0 radical (unpaired) electrons. The molecule has 1 amide bonds. The quantitative estimate of drug-likeness (QED) is 0.220. The Bertz CT molecular complexity index is 1300. The Balaban J connectivity index is 1.92. The van der Waals surface area contributed by atoms with Crippen LogP contribution in [0.5, 0.6) is 11.5 Å². The van der Waals surface area contributed by atoms with Crippen molar-refractivity contribution in [2.45, 2.75) is 20.8 Å². The van der Waals surface area contributed by atoms with Gasteiger partial charge >= 0.3 is 0 Å². The molecule has 0 spiro atoms. The van der Waals surface area contributed by atoms with Gasteiger partial charge in [-0.1, -0.05) is 0 Å². The number of carbonyl (C=O) groups excluding carboxylic acids is 1. The van der Waals surface area contributed by atoms with Crippen LogP contribution in [-0.2, 0) is 4.79 Å². The number of nitrogens with one attached hydrogen (secondary N) is 1. The highest BCUT2D eigenvalue weighted by Crippen LogP contribution is 2.32. The summed E-state index contributed by atoms with van der Waals surface area (Å²) in [5.41, 5.74) is 3.21. The number of ether oxygens (including phenoxy) is 2. The third-order valence-electron chi connectivity index (χ3n) is 5.17. The maximum atomic E-state index is 12.7. The first kappa shape index (κ1) is 24.1. The Kier molecular flexibility index (Phi) is 7.33. The number of nitro groups is 1. The Morgan fingerprint density at radius 3 is 2.50 bits per heavy atom. The van der Waals surface area contributed by atoms with Crippen LogP contribution in [0.25, 0.3) is 11.8 Å². The number of benzene rings is 2. The normalized spacial score (nSPS) is 11.0. The van der Waals surface area contributed by atoms with Crippen molar-refractivity contribution < 1.29 is 19.2 Å². The van der Waals surface area contributed by atoms with E-state index in [0.717, 1.165) is 11.4 Å². The van der Waals surface area contributed by atoms with Crippen LogP contribution >= 0.6 is 0 Å². The van der Waals surface area contributed by atoms with Crippen molar-refractivity contribution in [3.8, 4) is 23.3 Å². The molecular formula is C25H24N4O5. The molecule has 0 aliphatic carbocycles. The van der Waals surface area contributed by atoms with Gasteiger partial charge in [-0.15, -0.1) is 0 Å². The third kappa shape index (κ3) is 5.07. The summed E-state index contributed by atoms with van der Waals surface area (Å²) in [5, 5.41) is 23.4. The first-order valence-electron chi connectivity index (χ1n) is 10.5. The van der Waals surface area contributed by atoms with Gasteiger partial charge < -0.3 is 19.4 Å². The van der Waals surface area contributed by atoms with Gasteiger partial charge in [-0.3, -0.25) is 14.9 Å². The molecule has 1 N–H and O–H groups in total. The lowest BCUT2D eigenvalue weighted by molar-refractivity contribution is -0.384. The molecule has 1 aromatic heterocycles. The predicted molar refractivity (Wildman–Crippen MR) is 128 cm³/mol. The summed E-state index contributed by atoms with van der Waals surface area (Å²) in [6.07, 6.45) is 1.51. The van der Waals surface area contributed by atoms with Crippen LogP contribution in [0.2, 0.25) is 0 Å². The van der Waals surface area contributed by atoms with Gasteiger partial charge in [0.05, 0.1) is 30.4 Å². The first-order valence-corrected chi connectivity index (χ1v) is 10.5. The minimum absolute atomic E-state index is 0.0650. The lowest BCUT2D eigenvalue weighted by Crippen LogP contribution is -2.13. The van der Waals surface area contributed by atoms with E-state index in [-0.39, 0.29) is 11.3 Å². The van der Waals surface area contributed by atoms with Crippen LogP contribution in [0.4, 0.5) is 11.4 Å². The molecule has 3 rings (SSSR count). The van der Waals surface area contributed by atoms with E-state index in [1.165, 1.54) is 25.3 Å². The molecule has 0 atom stereocenters. The van der Waals surface area contributed by atoms with Crippen LogP contribution in [0.15, 0.2) is 54.1 Å². The average molecular weight is 460 g/mol. The van der Waals surface area contributed by atoms with Crippen LogP contribution in [0, 0.1) is 35.3 Å². The minimum Gasteiger partial charge on any atom is -0.494 e. The molecule has 0 aliphatic heterocycles. The highest BCUT2D eigenvalue weighted by molar-refractivity contribution is 6.09. The topological polar surface area (TPSA) is 119 Å². The number of rotatable bonds is 8. The smallest absolute Gasteiger partial charge is 0.273 e. The molecule has 9 heteroatoms. The molecule has 2 aromatic carbocycles. The maximum absolute atomic E-state index is 12.7. The first-order chi connectivity index (χ1) is 16.3. The SMILES string of the molecule is CCOc1ccc(NC(=O)/C(C#N)=C\c2cc(C)n(-c3ccc([N+](=O)[O-])cc3OC)c2C)cc1. The Morgan fingerprint density at radius 2 is 1.91 bits per heavy atom. The van der Waals surface area contributed by atoms with Crippen LogP contribution in [0.3, 0.4) is 0 Å². The zero-order chi connectivity index (χ0) is 24.8. The number of non-ortho nitro benzene ring substituents is 1. The van der Waals surface area contributed by atoms with E-state index in [0.29, 0.717) is 35.0 Å².